The molecule has 2 atom stereocenters. The van der Waals surface area contributed by atoms with Crippen LogP contribution in [0.3, 0.4) is 0 Å². The maximum Gasteiger partial charge on any atom is 0.282 e. The molecule has 2 N–H and O–H groups in total. The van der Waals surface area contributed by atoms with Crippen LogP contribution >= 0.6 is 0 Å². The smallest absolute Gasteiger partial charge is 0.282 e. The topological polar surface area (TPSA) is 75.9 Å². The second-order valence-corrected chi connectivity index (χ2v) is 8.24. The first kappa shape index (κ1) is 17.1. The van der Waals surface area contributed by atoms with Gasteiger partial charge < -0.3 is 10.5 Å². The van der Waals surface area contributed by atoms with Crippen molar-refractivity contribution in [1.82, 2.24) is 8.61 Å². The van der Waals surface area contributed by atoms with E-state index in [2.05, 4.69) is 0 Å². The summed E-state index contributed by atoms with van der Waals surface area (Å²) in [6.07, 6.45) is 3.44. The lowest BCUT2D eigenvalue weighted by atomic mass is 9.92. The predicted molar refractivity (Wildman–Crippen MR) is 83.1 cm³/mol. The minimum absolute atomic E-state index is 0.0537. The van der Waals surface area contributed by atoms with Gasteiger partial charge in [-0.05, 0) is 39.5 Å². The van der Waals surface area contributed by atoms with Gasteiger partial charge in [-0.25, -0.2) is 0 Å². The van der Waals surface area contributed by atoms with E-state index in [1.54, 1.807) is 8.61 Å². The monoisotopic (exact) mass is 319 g/mol. The molecular weight excluding hydrogens is 290 g/mol. The zero-order valence-electron chi connectivity index (χ0n) is 13.4. The average molecular weight is 319 g/mol. The van der Waals surface area contributed by atoms with Crippen molar-refractivity contribution in [3.8, 4) is 0 Å². The first-order valence-corrected chi connectivity index (χ1v) is 9.42. The van der Waals surface area contributed by atoms with Crippen LogP contribution in [0.5, 0.6) is 0 Å². The third-order valence-corrected chi connectivity index (χ3v) is 6.57. The summed E-state index contributed by atoms with van der Waals surface area (Å²) in [5.74, 6) is 0. The molecular formula is C14H29N3O3S. The van der Waals surface area contributed by atoms with Gasteiger partial charge in [0.1, 0.15) is 0 Å². The number of nitrogens with two attached hydrogens (primary N) is 1. The van der Waals surface area contributed by atoms with E-state index < -0.39 is 10.2 Å². The van der Waals surface area contributed by atoms with Crippen LogP contribution in [0.25, 0.3) is 0 Å². The summed E-state index contributed by atoms with van der Waals surface area (Å²) < 4.78 is 34.8. The largest absolute Gasteiger partial charge is 0.373 e. The Labute approximate surface area is 128 Å². The summed E-state index contributed by atoms with van der Waals surface area (Å²) in [7, 11) is -3.41. The van der Waals surface area contributed by atoms with Gasteiger partial charge in [-0.2, -0.15) is 17.0 Å². The first-order valence-electron chi connectivity index (χ1n) is 8.02. The molecule has 0 aromatic heterocycles. The number of morpholine rings is 1. The van der Waals surface area contributed by atoms with E-state index in [4.69, 9.17) is 10.5 Å². The first-order chi connectivity index (χ1) is 9.84. The lowest BCUT2D eigenvalue weighted by molar-refractivity contribution is -0.0458. The number of nitrogens with zero attached hydrogens (tertiary/aromatic N) is 2. The number of ether oxygens (including phenoxy) is 1. The van der Waals surface area contributed by atoms with Crippen LogP contribution in [0.1, 0.15) is 46.5 Å². The molecule has 0 aromatic rings. The molecule has 2 aliphatic rings. The van der Waals surface area contributed by atoms with Crippen LogP contribution in [0.4, 0.5) is 0 Å². The van der Waals surface area contributed by atoms with E-state index in [1.807, 2.05) is 20.8 Å². The molecule has 0 radical (unpaired) electrons. The van der Waals surface area contributed by atoms with Crippen molar-refractivity contribution in [2.75, 3.05) is 19.6 Å². The zero-order chi connectivity index (χ0) is 15.6. The summed E-state index contributed by atoms with van der Waals surface area (Å²) in [6.45, 7) is 7.16. The Balaban J connectivity index is 2.11. The summed E-state index contributed by atoms with van der Waals surface area (Å²) in [5.41, 5.74) is 5.93. The fraction of sp³-hybridized carbons (Fsp3) is 1.00. The molecule has 1 aliphatic carbocycles. The van der Waals surface area contributed by atoms with E-state index >= 15 is 0 Å². The minimum atomic E-state index is -3.41. The van der Waals surface area contributed by atoms with E-state index in [1.165, 1.54) is 0 Å². The van der Waals surface area contributed by atoms with Gasteiger partial charge in [-0.1, -0.05) is 6.92 Å². The van der Waals surface area contributed by atoms with E-state index in [0.29, 0.717) is 19.6 Å². The van der Waals surface area contributed by atoms with Crippen molar-refractivity contribution in [3.63, 3.8) is 0 Å². The molecule has 21 heavy (non-hydrogen) atoms. The van der Waals surface area contributed by atoms with Crippen molar-refractivity contribution in [2.24, 2.45) is 5.73 Å². The van der Waals surface area contributed by atoms with Gasteiger partial charge in [0.15, 0.2) is 0 Å². The molecule has 6 nitrogen and oxygen atoms in total. The standard InChI is InChI=1S/C14H29N3O3S/c1-4-17(14-7-5-13(15)6-8-14)21(18,19)16-9-11(2)20-12(3)10-16/h11-14H,4-10,15H2,1-3H3. The zero-order valence-corrected chi connectivity index (χ0v) is 14.2. The third kappa shape index (κ3) is 3.96. The lowest BCUT2D eigenvalue weighted by Gasteiger charge is -2.41. The van der Waals surface area contributed by atoms with Crippen molar-refractivity contribution in [3.05, 3.63) is 0 Å². The molecule has 1 aliphatic heterocycles. The normalized spacial score (nSPS) is 36.0. The molecule has 1 saturated carbocycles. The van der Waals surface area contributed by atoms with Gasteiger partial charge in [0, 0.05) is 31.7 Å². The van der Waals surface area contributed by atoms with Crippen LogP contribution in [-0.4, -0.2) is 61.0 Å². The highest BCUT2D eigenvalue weighted by molar-refractivity contribution is 7.86. The second kappa shape index (κ2) is 6.91. The lowest BCUT2D eigenvalue weighted by Crippen LogP contribution is -2.55. The second-order valence-electron chi connectivity index (χ2n) is 6.35. The number of hydrogen-bond acceptors (Lipinski definition) is 4. The quantitative estimate of drug-likeness (QED) is 0.836. The van der Waals surface area contributed by atoms with Gasteiger partial charge in [0.05, 0.1) is 12.2 Å². The van der Waals surface area contributed by atoms with Crippen LogP contribution in [0.2, 0.25) is 0 Å². The molecule has 2 fully saturated rings. The van der Waals surface area contributed by atoms with E-state index in [-0.39, 0.29) is 24.3 Å². The van der Waals surface area contributed by atoms with Gasteiger partial charge in [0.25, 0.3) is 10.2 Å². The van der Waals surface area contributed by atoms with Gasteiger partial charge in [-0.3, -0.25) is 0 Å². The number of rotatable bonds is 4. The van der Waals surface area contributed by atoms with E-state index in [0.717, 1.165) is 25.7 Å². The van der Waals surface area contributed by atoms with Gasteiger partial charge in [-0.15, -0.1) is 0 Å². The maximum absolute atomic E-state index is 13.0. The predicted octanol–water partition coefficient (Wildman–Crippen LogP) is 0.932. The summed E-state index contributed by atoms with van der Waals surface area (Å²) in [4.78, 5) is 0. The Bertz CT molecular complexity index is 425. The molecule has 2 rings (SSSR count). The molecule has 2 unspecified atom stereocenters. The summed E-state index contributed by atoms with van der Waals surface area (Å²) in [5, 5.41) is 0. The Morgan fingerprint density at radius 2 is 1.67 bits per heavy atom. The highest BCUT2D eigenvalue weighted by Gasteiger charge is 2.38. The highest BCUT2D eigenvalue weighted by atomic mass is 32.2. The number of hydrogen-bond donors (Lipinski definition) is 1. The Morgan fingerprint density at radius 1 is 1.14 bits per heavy atom. The SMILES string of the molecule is CCN(C1CCC(N)CC1)S(=O)(=O)N1CC(C)OC(C)C1. The Hall–Kier alpha value is -0.210. The molecule has 1 heterocycles. The average Bonchev–Trinajstić information content (AvgIpc) is 2.40. The fourth-order valence-electron chi connectivity index (χ4n) is 3.47. The van der Waals surface area contributed by atoms with Crippen LogP contribution in [0.15, 0.2) is 0 Å². The van der Waals surface area contributed by atoms with Crippen molar-refractivity contribution < 1.29 is 13.2 Å². The third-order valence-electron chi connectivity index (χ3n) is 4.47. The van der Waals surface area contributed by atoms with Crippen LogP contribution < -0.4 is 5.73 Å². The van der Waals surface area contributed by atoms with Crippen molar-refractivity contribution >= 4 is 10.2 Å². The molecule has 0 bridgehead atoms. The van der Waals surface area contributed by atoms with Crippen molar-refractivity contribution in [1.29, 1.82) is 0 Å². The highest BCUT2D eigenvalue weighted by Crippen LogP contribution is 2.27. The van der Waals surface area contributed by atoms with Crippen LogP contribution in [0, 0.1) is 0 Å². The summed E-state index contributed by atoms with van der Waals surface area (Å²) >= 11 is 0. The molecule has 0 amide bonds. The molecule has 1 saturated heterocycles. The minimum Gasteiger partial charge on any atom is -0.373 e. The van der Waals surface area contributed by atoms with Gasteiger partial charge >= 0.3 is 0 Å². The Morgan fingerprint density at radius 3 is 2.14 bits per heavy atom. The molecule has 124 valence electrons. The molecule has 0 aromatic carbocycles. The molecule has 7 heteroatoms. The molecule has 0 spiro atoms. The maximum atomic E-state index is 13.0. The fourth-order valence-corrected chi connectivity index (χ4v) is 5.47. The summed E-state index contributed by atoms with van der Waals surface area (Å²) in [6, 6.07) is 0.319. The van der Waals surface area contributed by atoms with Crippen LogP contribution in [-0.2, 0) is 14.9 Å². The van der Waals surface area contributed by atoms with Crippen molar-refractivity contribution in [2.45, 2.75) is 70.7 Å². The van der Waals surface area contributed by atoms with Gasteiger partial charge in [0.2, 0.25) is 0 Å². The Kier molecular flexibility index (Phi) is 5.65. The van der Waals surface area contributed by atoms with E-state index in [9.17, 15) is 8.42 Å².